The standard InChI is InChI=1S/C13H26N2O/c1-3-13(2,9-14)10-15-7-8-16-12-6-4-5-11(12)15/h11-12H,3-10,14H2,1-2H3. The first kappa shape index (κ1) is 12.3. The van der Waals surface area contributed by atoms with E-state index in [2.05, 4.69) is 18.7 Å². The normalized spacial score (nSPS) is 34.7. The summed E-state index contributed by atoms with van der Waals surface area (Å²) < 4.78 is 5.84. The lowest BCUT2D eigenvalue weighted by molar-refractivity contribution is -0.0669. The Bertz CT molecular complexity index is 228. The summed E-state index contributed by atoms with van der Waals surface area (Å²) in [6, 6.07) is 0.672. The van der Waals surface area contributed by atoms with Crippen molar-refractivity contribution in [1.82, 2.24) is 4.90 Å². The number of hydrogen-bond acceptors (Lipinski definition) is 3. The van der Waals surface area contributed by atoms with Gasteiger partial charge in [-0.15, -0.1) is 0 Å². The van der Waals surface area contributed by atoms with Crippen molar-refractivity contribution in [3.05, 3.63) is 0 Å². The predicted molar refractivity (Wildman–Crippen MR) is 66.4 cm³/mol. The van der Waals surface area contributed by atoms with Crippen molar-refractivity contribution in [2.75, 3.05) is 26.2 Å². The van der Waals surface area contributed by atoms with Crippen molar-refractivity contribution in [2.24, 2.45) is 11.1 Å². The smallest absolute Gasteiger partial charge is 0.0730 e. The molecule has 3 nitrogen and oxygen atoms in total. The molecule has 0 aromatic carbocycles. The summed E-state index contributed by atoms with van der Waals surface area (Å²) in [5.41, 5.74) is 6.20. The fourth-order valence-electron chi connectivity index (χ4n) is 3.01. The molecule has 0 bridgehead atoms. The molecular weight excluding hydrogens is 200 g/mol. The van der Waals surface area contributed by atoms with Gasteiger partial charge >= 0.3 is 0 Å². The number of nitrogens with zero attached hydrogens (tertiary/aromatic N) is 1. The minimum atomic E-state index is 0.282. The summed E-state index contributed by atoms with van der Waals surface area (Å²) in [4.78, 5) is 2.64. The highest BCUT2D eigenvalue weighted by atomic mass is 16.5. The molecule has 3 unspecified atom stereocenters. The van der Waals surface area contributed by atoms with Gasteiger partial charge < -0.3 is 10.5 Å². The summed E-state index contributed by atoms with van der Waals surface area (Å²) >= 11 is 0. The molecule has 1 aliphatic carbocycles. The second-order valence-corrected chi connectivity index (χ2v) is 5.75. The molecule has 2 fully saturated rings. The Morgan fingerprint density at radius 3 is 2.94 bits per heavy atom. The zero-order valence-corrected chi connectivity index (χ0v) is 10.7. The number of morpholine rings is 1. The lowest BCUT2D eigenvalue weighted by atomic mass is 9.86. The fourth-order valence-corrected chi connectivity index (χ4v) is 3.01. The lowest BCUT2D eigenvalue weighted by Gasteiger charge is -2.42. The van der Waals surface area contributed by atoms with E-state index in [-0.39, 0.29) is 5.41 Å². The Labute approximate surface area is 99.3 Å². The van der Waals surface area contributed by atoms with Gasteiger partial charge in [0.05, 0.1) is 12.7 Å². The minimum absolute atomic E-state index is 0.282. The molecule has 0 aromatic heterocycles. The van der Waals surface area contributed by atoms with Gasteiger partial charge in [-0.25, -0.2) is 0 Å². The average molecular weight is 226 g/mol. The Kier molecular flexibility index (Phi) is 3.88. The zero-order chi connectivity index (χ0) is 11.6. The molecule has 16 heavy (non-hydrogen) atoms. The molecule has 0 aromatic rings. The van der Waals surface area contributed by atoms with Gasteiger partial charge in [-0.05, 0) is 37.6 Å². The molecule has 0 spiro atoms. The van der Waals surface area contributed by atoms with Gasteiger partial charge in [0, 0.05) is 19.1 Å². The van der Waals surface area contributed by atoms with Crippen LogP contribution in [0.25, 0.3) is 0 Å². The van der Waals surface area contributed by atoms with Crippen LogP contribution in [-0.2, 0) is 4.74 Å². The fraction of sp³-hybridized carbons (Fsp3) is 1.00. The van der Waals surface area contributed by atoms with E-state index in [1.165, 1.54) is 19.3 Å². The van der Waals surface area contributed by atoms with Crippen LogP contribution in [-0.4, -0.2) is 43.3 Å². The molecule has 0 amide bonds. The third-order valence-electron chi connectivity index (χ3n) is 4.53. The monoisotopic (exact) mass is 226 g/mol. The van der Waals surface area contributed by atoms with Gasteiger partial charge in [0.15, 0.2) is 0 Å². The van der Waals surface area contributed by atoms with Crippen LogP contribution in [0.4, 0.5) is 0 Å². The highest BCUT2D eigenvalue weighted by molar-refractivity contribution is 4.92. The molecule has 1 saturated carbocycles. The highest BCUT2D eigenvalue weighted by Gasteiger charge is 2.38. The topological polar surface area (TPSA) is 38.5 Å². The third kappa shape index (κ3) is 2.41. The molecule has 1 aliphatic heterocycles. The van der Waals surface area contributed by atoms with E-state index in [0.29, 0.717) is 12.1 Å². The second-order valence-electron chi connectivity index (χ2n) is 5.75. The molecule has 2 N–H and O–H groups in total. The van der Waals surface area contributed by atoms with Crippen LogP contribution in [0.5, 0.6) is 0 Å². The number of rotatable bonds is 4. The van der Waals surface area contributed by atoms with Crippen molar-refractivity contribution < 1.29 is 4.74 Å². The van der Waals surface area contributed by atoms with Crippen molar-refractivity contribution in [3.63, 3.8) is 0 Å². The van der Waals surface area contributed by atoms with Gasteiger partial charge in [0.25, 0.3) is 0 Å². The van der Waals surface area contributed by atoms with Crippen LogP contribution in [0.1, 0.15) is 39.5 Å². The first-order chi connectivity index (χ1) is 7.68. The molecular formula is C13H26N2O. The van der Waals surface area contributed by atoms with Crippen LogP contribution >= 0.6 is 0 Å². The molecule has 3 heteroatoms. The number of hydrogen-bond donors (Lipinski definition) is 1. The Hall–Kier alpha value is -0.120. The molecule has 1 saturated heterocycles. The van der Waals surface area contributed by atoms with E-state index in [9.17, 15) is 0 Å². The number of nitrogens with two attached hydrogens (primary N) is 1. The summed E-state index contributed by atoms with van der Waals surface area (Å²) in [6.07, 6.45) is 5.57. The molecule has 94 valence electrons. The van der Waals surface area contributed by atoms with Gasteiger partial charge in [0.1, 0.15) is 0 Å². The van der Waals surface area contributed by atoms with Gasteiger partial charge in [0.2, 0.25) is 0 Å². The Balaban J connectivity index is 1.97. The summed E-state index contributed by atoms with van der Waals surface area (Å²) in [7, 11) is 0. The van der Waals surface area contributed by atoms with Crippen molar-refractivity contribution in [2.45, 2.75) is 51.7 Å². The van der Waals surface area contributed by atoms with E-state index in [0.717, 1.165) is 32.7 Å². The number of fused-ring (bicyclic) bond motifs is 1. The van der Waals surface area contributed by atoms with E-state index < -0.39 is 0 Å². The average Bonchev–Trinajstić information content (AvgIpc) is 2.78. The summed E-state index contributed by atoms with van der Waals surface area (Å²) in [5.74, 6) is 0. The van der Waals surface area contributed by atoms with Crippen LogP contribution in [0, 0.1) is 5.41 Å². The Morgan fingerprint density at radius 1 is 1.44 bits per heavy atom. The predicted octanol–water partition coefficient (Wildman–Crippen LogP) is 1.61. The molecule has 2 rings (SSSR count). The maximum Gasteiger partial charge on any atom is 0.0730 e. The van der Waals surface area contributed by atoms with Gasteiger partial charge in [-0.3, -0.25) is 4.90 Å². The van der Waals surface area contributed by atoms with Gasteiger partial charge in [-0.2, -0.15) is 0 Å². The van der Waals surface area contributed by atoms with Crippen LogP contribution < -0.4 is 5.73 Å². The first-order valence-electron chi connectivity index (χ1n) is 6.74. The third-order valence-corrected chi connectivity index (χ3v) is 4.53. The lowest BCUT2D eigenvalue weighted by Crippen LogP contribution is -2.53. The molecule has 0 radical (unpaired) electrons. The number of ether oxygens (including phenoxy) is 1. The van der Waals surface area contributed by atoms with Crippen LogP contribution in [0.3, 0.4) is 0 Å². The highest BCUT2D eigenvalue weighted by Crippen LogP contribution is 2.32. The van der Waals surface area contributed by atoms with E-state index in [1.807, 2.05) is 0 Å². The Morgan fingerprint density at radius 2 is 2.25 bits per heavy atom. The van der Waals surface area contributed by atoms with Crippen molar-refractivity contribution >= 4 is 0 Å². The van der Waals surface area contributed by atoms with E-state index in [4.69, 9.17) is 10.5 Å². The summed E-state index contributed by atoms with van der Waals surface area (Å²) in [6.45, 7) is 8.50. The van der Waals surface area contributed by atoms with Crippen LogP contribution in [0.2, 0.25) is 0 Å². The van der Waals surface area contributed by atoms with Crippen molar-refractivity contribution in [1.29, 1.82) is 0 Å². The first-order valence-corrected chi connectivity index (χ1v) is 6.74. The second kappa shape index (κ2) is 5.03. The maximum absolute atomic E-state index is 5.91. The minimum Gasteiger partial charge on any atom is -0.375 e. The maximum atomic E-state index is 5.91. The zero-order valence-electron chi connectivity index (χ0n) is 10.7. The molecule has 3 atom stereocenters. The van der Waals surface area contributed by atoms with Crippen LogP contribution in [0.15, 0.2) is 0 Å². The van der Waals surface area contributed by atoms with Gasteiger partial charge in [-0.1, -0.05) is 13.8 Å². The largest absolute Gasteiger partial charge is 0.375 e. The van der Waals surface area contributed by atoms with E-state index in [1.54, 1.807) is 0 Å². The van der Waals surface area contributed by atoms with E-state index >= 15 is 0 Å². The summed E-state index contributed by atoms with van der Waals surface area (Å²) in [5, 5.41) is 0. The quantitative estimate of drug-likeness (QED) is 0.791. The molecule has 1 heterocycles. The molecule has 2 aliphatic rings. The van der Waals surface area contributed by atoms with Crippen molar-refractivity contribution in [3.8, 4) is 0 Å². The SMILES string of the molecule is CCC(C)(CN)CN1CCOC2CCCC21.